The van der Waals surface area contributed by atoms with E-state index in [0.717, 1.165) is 9.75 Å². The van der Waals surface area contributed by atoms with Gasteiger partial charge < -0.3 is 4.52 Å². The molecule has 6 heteroatoms. The first-order valence-corrected chi connectivity index (χ1v) is 6.59. The van der Waals surface area contributed by atoms with Crippen LogP contribution in [0.15, 0.2) is 33.5 Å². The van der Waals surface area contributed by atoms with E-state index in [-0.39, 0.29) is 0 Å². The summed E-state index contributed by atoms with van der Waals surface area (Å²) in [5.74, 6) is 1.08. The van der Waals surface area contributed by atoms with Crippen molar-refractivity contribution in [1.29, 1.82) is 0 Å². The highest BCUT2D eigenvalue weighted by molar-refractivity contribution is 7.14. The molecule has 3 heterocycles. The molecule has 3 aromatic heterocycles. The van der Waals surface area contributed by atoms with Gasteiger partial charge in [0.15, 0.2) is 0 Å². The summed E-state index contributed by atoms with van der Waals surface area (Å²) in [6.07, 6.45) is 0. The topological polar surface area (TPSA) is 38.9 Å². The van der Waals surface area contributed by atoms with Gasteiger partial charge in [-0.1, -0.05) is 22.8 Å². The summed E-state index contributed by atoms with van der Waals surface area (Å²) in [5.41, 5.74) is 0. The van der Waals surface area contributed by atoms with Gasteiger partial charge >= 0.3 is 0 Å². The first-order valence-electron chi connectivity index (χ1n) is 4.45. The Kier molecular flexibility index (Phi) is 2.51. The highest BCUT2D eigenvalue weighted by Gasteiger charge is 2.14. The summed E-state index contributed by atoms with van der Waals surface area (Å²) in [4.78, 5) is 6.12. The Labute approximate surface area is 104 Å². The van der Waals surface area contributed by atoms with Crippen LogP contribution in [0.2, 0.25) is 5.02 Å². The summed E-state index contributed by atoms with van der Waals surface area (Å²) < 4.78 is 5.19. The van der Waals surface area contributed by atoms with Gasteiger partial charge in [-0.15, -0.1) is 22.7 Å². The van der Waals surface area contributed by atoms with Crippen LogP contribution in [0.1, 0.15) is 0 Å². The Hall–Kier alpha value is -1.17. The molecular weight excluding hydrogens is 264 g/mol. The number of hydrogen-bond donors (Lipinski definition) is 0. The van der Waals surface area contributed by atoms with Crippen LogP contribution in [0.4, 0.5) is 0 Å². The van der Waals surface area contributed by atoms with Crippen molar-refractivity contribution < 1.29 is 4.52 Å². The summed E-state index contributed by atoms with van der Waals surface area (Å²) in [5, 5.41) is 8.44. The quantitative estimate of drug-likeness (QED) is 0.700. The van der Waals surface area contributed by atoms with Gasteiger partial charge in [0.25, 0.3) is 5.89 Å². The maximum absolute atomic E-state index is 5.99. The second kappa shape index (κ2) is 4.01. The molecule has 0 radical (unpaired) electrons. The fourth-order valence-corrected chi connectivity index (χ4v) is 2.97. The minimum Gasteiger partial charge on any atom is -0.333 e. The van der Waals surface area contributed by atoms with Gasteiger partial charge in [-0.05, 0) is 22.9 Å². The summed E-state index contributed by atoms with van der Waals surface area (Å²) >= 11 is 9.06. The molecule has 0 saturated carbocycles. The van der Waals surface area contributed by atoms with Crippen LogP contribution in [0.25, 0.3) is 21.5 Å². The molecule has 0 saturated heterocycles. The molecule has 0 atom stereocenters. The van der Waals surface area contributed by atoms with E-state index in [9.17, 15) is 0 Å². The van der Waals surface area contributed by atoms with Crippen LogP contribution in [-0.4, -0.2) is 10.1 Å². The average Bonchev–Trinajstić information content (AvgIpc) is 2.96. The Bertz CT molecular complexity index is 600. The van der Waals surface area contributed by atoms with E-state index in [2.05, 4.69) is 10.1 Å². The third-order valence-electron chi connectivity index (χ3n) is 1.98. The van der Waals surface area contributed by atoms with Gasteiger partial charge in [-0.3, -0.25) is 0 Å². The fourth-order valence-electron chi connectivity index (χ4n) is 1.27. The van der Waals surface area contributed by atoms with Gasteiger partial charge in [-0.25, -0.2) is 0 Å². The molecule has 0 amide bonds. The molecule has 0 bridgehead atoms. The van der Waals surface area contributed by atoms with Crippen molar-refractivity contribution in [2.45, 2.75) is 0 Å². The zero-order valence-electron chi connectivity index (χ0n) is 7.88. The van der Waals surface area contributed by atoms with Crippen molar-refractivity contribution in [1.82, 2.24) is 10.1 Å². The molecule has 0 aliphatic carbocycles. The van der Waals surface area contributed by atoms with Crippen molar-refractivity contribution in [3.8, 4) is 21.5 Å². The Morgan fingerprint density at radius 3 is 2.81 bits per heavy atom. The largest absolute Gasteiger partial charge is 0.333 e. The predicted octanol–water partition coefficient (Wildman–Crippen LogP) is 4.18. The molecule has 0 unspecified atom stereocenters. The molecule has 3 rings (SSSR count). The van der Waals surface area contributed by atoms with E-state index < -0.39 is 0 Å². The standard InChI is InChI=1S/C10H5ClN2OS2/c11-6-3-5-16-8(6)10-12-9(13-14-10)7-2-1-4-15-7/h1-5H. The van der Waals surface area contributed by atoms with Gasteiger partial charge in [0.2, 0.25) is 5.82 Å². The van der Waals surface area contributed by atoms with Gasteiger partial charge in [0, 0.05) is 0 Å². The third kappa shape index (κ3) is 1.67. The van der Waals surface area contributed by atoms with E-state index >= 15 is 0 Å². The molecule has 80 valence electrons. The Balaban J connectivity index is 2.03. The van der Waals surface area contributed by atoms with Crippen molar-refractivity contribution >= 4 is 34.3 Å². The summed E-state index contributed by atoms with van der Waals surface area (Å²) in [7, 11) is 0. The SMILES string of the molecule is Clc1ccsc1-c1nc(-c2cccs2)no1. The zero-order chi connectivity index (χ0) is 11.0. The van der Waals surface area contributed by atoms with E-state index in [0.29, 0.717) is 16.7 Å². The number of nitrogens with zero attached hydrogens (tertiary/aromatic N) is 2. The second-order valence-electron chi connectivity index (χ2n) is 3.00. The lowest BCUT2D eigenvalue weighted by Gasteiger charge is -1.86. The molecular formula is C10H5ClN2OS2. The van der Waals surface area contributed by atoms with Crippen molar-refractivity contribution in [3.05, 3.63) is 34.0 Å². The van der Waals surface area contributed by atoms with Gasteiger partial charge in [0.05, 0.1) is 9.90 Å². The molecule has 0 spiro atoms. The number of hydrogen-bond acceptors (Lipinski definition) is 5. The second-order valence-corrected chi connectivity index (χ2v) is 5.27. The van der Waals surface area contributed by atoms with Crippen molar-refractivity contribution in [3.63, 3.8) is 0 Å². The molecule has 0 N–H and O–H groups in total. The molecule has 3 nitrogen and oxygen atoms in total. The highest BCUT2D eigenvalue weighted by Crippen LogP contribution is 2.33. The molecule has 0 aromatic carbocycles. The smallest absolute Gasteiger partial charge is 0.269 e. The Morgan fingerprint density at radius 1 is 1.19 bits per heavy atom. The maximum atomic E-state index is 5.99. The number of rotatable bonds is 2. The van der Waals surface area contributed by atoms with Gasteiger partial charge in [0.1, 0.15) is 4.88 Å². The van der Waals surface area contributed by atoms with Crippen LogP contribution in [-0.2, 0) is 0 Å². The monoisotopic (exact) mass is 268 g/mol. The molecule has 0 aliphatic heterocycles. The van der Waals surface area contributed by atoms with Crippen LogP contribution < -0.4 is 0 Å². The van der Waals surface area contributed by atoms with Crippen LogP contribution in [0.3, 0.4) is 0 Å². The van der Waals surface area contributed by atoms with E-state index in [1.807, 2.05) is 29.0 Å². The normalized spacial score (nSPS) is 10.8. The summed E-state index contributed by atoms with van der Waals surface area (Å²) in [6, 6.07) is 5.72. The minimum absolute atomic E-state index is 0.475. The minimum atomic E-state index is 0.475. The average molecular weight is 269 g/mol. The predicted molar refractivity (Wildman–Crippen MR) is 65.9 cm³/mol. The lowest BCUT2D eigenvalue weighted by molar-refractivity contribution is 0.433. The Morgan fingerprint density at radius 2 is 2.12 bits per heavy atom. The zero-order valence-corrected chi connectivity index (χ0v) is 10.3. The molecule has 16 heavy (non-hydrogen) atoms. The first-order chi connectivity index (χ1) is 7.84. The van der Waals surface area contributed by atoms with Crippen molar-refractivity contribution in [2.75, 3.05) is 0 Å². The number of thiophene rings is 2. The maximum Gasteiger partial charge on any atom is 0.269 e. The van der Waals surface area contributed by atoms with E-state index in [1.165, 1.54) is 11.3 Å². The third-order valence-corrected chi connectivity index (χ3v) is 4.17. The van der Waals surface area contributed by atoms with Crippen molar-refractivity contribution in [2.24, 2.45) is 0 Å². The van der Waals surface area contributed by atoms with Crippen LogP contribution >= 0.6 is 34.3 Å². The van der Waals surface area contributed by atoms with E-state index in [4.69, 9.17) is 16.1 Å². The fraction of sp³-hybridized carbons (Fsp3) is 0. The summed E-state index contributed by atoms with van der Waals surface area (Å²) in [6.45, 7) is 0. The highest BCUT2D eigenvalue weighted by atomic mass is 35.5. The lowest BCUT2D eigenvalue weighted by atomic mass is 10.4. The van der Waals surface area contributed by atoms with Gasteiger partial charge in [-0.2, -0.15) is 4.98 Å². The number of aromatic nitrogens is 2. The lowest BCUT2D eigenvalue weighted by Crippen LogP contribution is -1.75. The molecule has 3 aromatic rings. The van der Waals surface area contributed by atoms with Crippen LogP contribution in [0, 0.1) is 0 Å². The first kappa shape index (κ1) is 10.0. The molecule has 0 aliphatic rings. The number of halogens is 1. The van der Waals surface area contributed by atoms with E-state index in [1.54, 1.807) is 11.3 Å². The van der Waals surface area contributed by atoms with Crippen LogP contribution in [0.5, 0.6) is 0 Å². The molecule has 0 fully saturated rings.